The Balaban J connectivity index is 1.67. The molecule has 1 aliphatic carbocycles. The Morgan fingerprint density at radius 2 is 2.15 bits per heavy atom. The Morgan fingerprint density at radius 3 is 2.85 bits per heavy atom. The highest BCUT2D eigenvalue weighted by Gasteiger charge is 2.37. The number of aryl methyl sites for hydroxylation is 1. The third-order valence-corrected chi connectivity index (χ3v) is 5.95. The second-order valence-electron chi connectivity index (χ2n) is 5.84. The third-order valence-electron chi connectivity index (χ3n) is 3.94. The topological polar surface area (TPSA) is 62.3 Å². The molecule has 1 aliphatic heterocycles. The van der Waals surface area contributed by atoms with Crippen molar-refractivity contribution in [3.8, 4) is 0 Å². The predicted octanol–water partition coefficient (Wildman–Crippen LogP) is 1.44. The largest absolute Gasteiger partial charge is 0.355 e. The van der Waals surface area contributed by atoms with E-state index in [0.29, 0.717) is 6.54 Å². The second kappa shape index (κ2) is 5.33. The summed E-state index contributed by atoms with van der Waals surface area (Å²) in [5.41, 5.74) is 1.18. The normalized spacial score (nSPS) is 23.9. The molecule has 0 aromatic carbocycles. The number of rotatable bonds is 4. The molecule has 1 aromatic rings. The Bertz CT molecular complexity index is 584. The first-order valence-corrected chi connectivity index (χ1v) is 8.78. The van der Waals surface area contributed by atoms with Gasteiger partial charge in [0.2, 0.25) is 10.0 Å². The lowest BCUT2D eigenvalue weighted by atomic mass is 10.1. The molecule has 0 bridgehead atoms. The molecule has 1 aromatic heterocycles. The number of nitrogens with one attached hydrogen (secondary N) is 1. The van der Waals surface area contributed by atoms with Crippen molar-refractivity contribution in [1.82, 2.24) is 9.71 Å². The van der Waals surface area contributed by atoms with Gasteiger partial charge in [0.15, 0.2) is 0 Å². The summed E-state index contributed by atoms with van der Waals surface area (Å²) in [4.78, 5) is 6.57. The van der Waals surface area contributed by atoms with Crippen molar-refractivity contribution in [2.45, 2.75) is 43.9 Å². The number of sulfonamides is 1. The maximum absolute atomic E-state index is 12.0. The molecule has 0 spiro atoms. The van der Waals surface area contributed by atoms with Crippen LogP contribution in [-0.2, 0) is 10.0 Å². The van der Waals surface area contributed by atoms with Crippen molar-refractivity contribution in [3.63, 3.8) is 0 Å². The lowest BCUT2D eigenvalue weighted by molar-refractivity contribution is 0.463. The van der Waals surface area contributed by atoms with E-state index in [-0.39, 0.29) is 11.3 Å². The van der Waals surface area contributed by atoms with Crippen LogP contribution >= 0.6 is 0 Å². The monoisotopic (exact) mass is 295 g/mol. The van der Waals surface area contributed by atoms with Gasteiger partial charge in [0.25, 0.3) is 0 Å². The van der Waals surface area contributed by atoms with Gasteiger partial charge in [-0.25, -0.2) is 18.1 Å². The quantitative estimate of drug-likeness (QED) is 0.913. The highest BCUT2D eigenvalue weighted by Crippen LogP contribution is 2.28. The standard InChI is InChI=1S/C14H21N3O2S/c1-11-6-7-15-14(9-11)17-8-2-3-12(10-17)16-20(18,19)13-4-5-13/h6-7,9,12-13,16H,2-5,8,10H2,1H3. The lowest BCUT2D eigenvalue weighted by Gasteiger charge is -2.34. The van der Waals surface area contributed by atoms with E-state index in [1.54, 1.807) is 0 Å². The van der Waals surface area contributed by atoms with Crippen LogP contribution < -0.4 is 9.62 Å². The van der Waals surface area contributed by atoms with Gasteiger partial charge in [-0.2, -0.15) is 0 Å². The van der Waals surface area contributed by atoms with E-state index < -0.39 is 10.0 Å². The van der Waals surface area contributed by atoms with E-state index in [4.69, 9.17) is 0 Å². The Labute approximate surface area is 120 Å². The first kappa shape index (κ1) is 13.8. The molecule has 0 radical (unpaired) electrons. The van der Waals surface area contributed by atoms with Crippen molar-refractivity contribution in [3.05, 3.63) is 23.9 Å². The summed E-state index contributed by atoms with van der Waals surface area (Å²) in [6.07, 6.45) is 5.33. The predicted molar refractivity (Wildman–Crippen MR) is 79.3 cm³/mol. The fourth-order valence-electron chi connectivity index (χ4n) is 2.68. The Kier molecular flexibility index (Phi) is 3.69. The van der Waals surface area contributed by atoms with Gasteiger partial charge in [-0.05, 0) is 50.3 Å². The number of pyridine rings is 1. The molecule has 2 aliphatic rings. The summed E-state index contributed by atoms with van der Waals surface area (Å²) in [7, 11) is -3.10. The summed E-state index contributed by atoms with van der Waals surface area (Å²) in [5, 5.41) is -0.144. The fraction of sp³-hybridized carbons (Fsp3) is 0.643. The average Bonchev–Trinajstić information content (AvgIpc) is 3.23. The van der Waals surface area contributed by atoms with Crippen molar-refractivity contribution < 1.29 is 8.42 Å². The van der Waals surface area contributed by atoms with E-state index >= 15 is 0 Å². The van der Waals surface area contributed by atoms with Gasteiger partial charge in [-0.3, -0.25) is 0 Å². The summed E-state index contributed by atoms with van der Waals surface area (Å²) in [6, 6.07) is 4.04. The molecule has 1 saturated carbocycles. The van der Waals surface area contributed by atoms with Crippen LogP contribution in [0.2, 0.25) is 0 Å². The molecule has 20 heavy (non-hydrogen) atoms. The van der Waals surface area contributed by atoms with Crippen molar-refractivity contribution in [2.24, 2.45) is 0 Å². The number of hydrogen-bond donors (Lipinski definition) is 1. The molecule has 110 valence electrons. The minimum absolute atomic E-state index is 0.0108. The first-order valence-electron chi connectivity index (χ1n) is 7.23. The van der Waals surface area contributed by atoms with Gasteiger partial charge in [-0.15, -0.1) is 0 Å². The van der Waals surface area contributed by atoms with E-state index in [9.17, 15) is 8.42 Å². The molecule has 2 fully saturated rings. The molecule has 1 saturated heterocycles. The van der Waals surface area contributed by atoms with Gasteiger partial charge >= 0.3 is 0 Å². The average molecular weight is 295 g/mol. The third kappa shape index (κ3) is 3.12. The Morgan fingerprint density at radius 1 is 1.35 bits per heavy atom. The highest BCUT2D eigenvalue weighted by atomic mass is 32.2. The van der Waals surface area contributed by atoms with E-state index in [0.717, 1.165) is 38.0 Å². The summed E-state index contributed by atoms with van der Waals surface area (Å²) < 4.78 is 26.9. The zero-order valence-electron chi connectivity index (χ0n) is 11.7. The SMILES string of the molecule is Cc1ccnc(N2CCCC(NS(=O)(=O)C3CC3)C2)c1. The van der Waals surface area contributed by atoms with Gasteiger partial charge in [0.1, 0.15) is 5.82 Å². The molecular weight excluding hydrogens is 274 g/mol. The van der Waals surface area contributed by atoms with E-state index in [1.807, 2.05) is 19.2 Å². The lowest BCUT2D eigenvalue weighted by Crippen LogP contribution is -2.48. The van der Waals surface area contributed by atoms with Crippen LogP contribution in [0.3, 0.4) is 0 Å². The van der Waals surface area contributed by atoms with Crippen LogP contribution in [0, 0.1) is 6.92 Å². The Hall–Kier alpha value is -1.14. The van der Waals surface area contributed by atoms with Crippen molar-refractivity contribution in [2.75, 3.05) is 18.0 Å². The van der Waals surface area contributed by atoms with Gasteiger partial charge < -0.3 is 4.90 Å². The molecule has 6 heteroatoms. The van der Waals surface area contributed by atoms with Gasteiger partial charge in [0.05, 0.1) is 5.25 Å². The summed E-state index contributed by atoms with van der Waals surface area (Å²) in [5.74, 6) is 0.945. The smallest absolute Gasteiger partial charge is 0.214 e. The van der Waals surface area contributed by atoms with Crippen LogP contribution in [0.25, 0.3) is 0 Å². The van der Waals surface area contributed by atoms with E-state index in [2.05, 4.69) is 20.7 Å². The zero-order chi connectivity index (χ0) is 14.2. The number of aromatic nitrogens is 1. The van der Waals surface area contributed by atoms with E-state index in [1.165, 1.54) is 5.56 Å². The minimum atomic E-state index is -3.10. The van der Waals surface area contributed by atoms with Crippen LogP contribution in [0.4, 0.5) is 5.82 Å². The fourth-order valence-corrected chi connectivity index (χ4v) is 4.29. The number of hydrogen-bond acceptors (Lipinski definition) is 4. The number of anilines is 1. The van der Waals surface area contributed by atoms with Gasteiger partial charge in [-0.1, -0.05) is 0 Å². The number of piperidine rings is 1. The maximum atomic E-state index is 12.0. The van der Waals surface area contributed by atoms with Crippen LogP contribution in [0.5, 0.6) is 0 Å². The zero-order valence-corrected chi connectivity index (χ0v) is 12.6. The van der Waals surface area contributed by atoms with Crippen LogP contribution in [0.15, 0.2) is 18.3 Å². The van der Waals surface area contributed by atoms with Crippen LogP contribution in [0.1, 0.15) is 31.2 Å². The molecule has 1 N–H and O–H groups in total. The molecule has 0 amide bonds. The number of nitrogens with zero attached hydrogens (tertiary/aromatic N) is 2. The molecular formula is C14H21N3O2S. The second-order valence-corrected chi connectivity index (χ2v) is 7.83. The molecule has 2 heterocycles. The molecule has 3 rings (SSSR count). The summed E-state index contributed by atoms with van der Waals surface area (Å²) >= 11 is 0. The van der Waals surface area contributed by atoms with Crippen molar-refractivity contribution >= 4 is 15.8 Å². The molecule has 1 atom stereocenters. The minimum Gasteiger partial charge on any atom is -0.355 e. The first-order chi connectivity index (χ1) is 9.54. The highest BCUT2D eigenvalue weighted by molar-refractivity contribution is 7.90. The van der Waals surface area contributed by atoms with Crippen LogP contribution in [-0.4, -0.2) is 37.8 Å². The summed E-state index contributed by atoms with van der Waals surface area (Å²) in [6.45, 7) is 3.70. The van der Waals surface area contributed by atoms with Crippen molar-refractivity contribution in [1.29, 1.82) is 0 Å². The molecule has 5 nitrogen and oxygen atoms in total. The maximum Gasteiger partial charge on any atom is 0.214 e. The molecule has 1 unspecified atom stereocenters. The van der Waals surface area contributed by atoms with Gasteiger partial charge in [0, 0.05) is 25.3 Å².